The third-order valence-corrected chi connectivity index (χ3v) is 7.73. The quantitative estimate of drug-likeness (QED) is 0.434. The summed E-state index contributed by atoms with van der Waals surface area (Å²) in [6.07, 6.45) is 5.06. The highest BCUT2D eigenvalue weighted by atomic mass is 35.5. The number of hydrogen-bond acceptors (Lipinski definition) is 8. The Morgan fingerprint density at radius 1 is 1.28 bits per heavy atom. The number of aromatic carboxylic acids is 1. The number of hydrogen-bond donors (Lipinski definition) is 4. The first-order chi connectivity index (χ1) is 17.5. The van der Waals surface area contributed by atoms with Crippen LogP contribution in [0, 0.1) is 12.3 Å². The Kier molecular flexibility index (Phi) is 7.32. The van der Waals surface area contributed by atoms with E-state index in [1.807, 2.05) is 13.0 Å². The van der Waals surface area contributed by atoms with E-state index in [1.54, 1.807) is 6.07 Å². The summed E-state index contributed by atoms with van der Waals surface area (Å²) in [7, 11) is 0. The van der Waals surface area contributed by atoms with Crippen LogP contribution in [0.3, 0.4) is 0 Å². The minimum atomic E-state index is -1.03. The first-order valence-corrected chi connectivity index (χ1v) is 13.0. The minimum absolute atomic E-state index is 0.0588. The van der Waals surface area contributed by atoms with Crippen LogP contribution in [-0.2, 0) is 17.7 Å². The van der Waals surface area contributed by atoms with E-state index in [4.69, 9.17) is 21.7 Å². The van der Waals surface area contributed by atoms with Gasteiger partial charge in [-0.05, 0) is 50.3 Å². The Bertz CT molecular complexity index is 1160. The molecule has 1 aromatic carbocycles. The molecule has 5 rings (SSSR count). The second kappa shape index (κ2) is 10.6. The standard InChI is InChI=1S/C26H33ClN6O3/c1-16-12-19(31-23-4-2-3-11-36-23)18(14-28)25(24(16)27)33-8-5-17-21(15-33)30-20(26(34)35)13-22(17)32-9-6-29-7-10-32/h12-14,23,28-29,31H,2-11,15H2,1H3,(H,34,35). The Hall–Kier alpha value is -2.88. The second-order valence-corrected chi connectivity index (χ2v) is 10.0. The number of aromatic nitrogens is 1. The van der Waals surface area contributed by atoms with Crippen molar-refractivity contribution < 1.29 is 14.6 Å². The maximum absolute atomic E-state index is 11.9. The molecule has 2 aromatic rings. The number of pyridine rings is 1. The average molecular weight is 513 g/mol. The van der Waals surface area contributed by atoms with Crippen molar-refractivity contribution in [1.82, 2.24) is 10.3 Å². The number of halogens is 1. The molecule has 0 radical (unpaired) electrons. The van der Waals surface area contributed by atoms with Crippen molar-refractivity contribution in [3.8, 4) is 0 Å². The summed E-state index contributed by atoms with van der Waals surface area (Å²) in [5, 5.41) is 25.4. The molecule has 9 nitrogen and oxygen atoms in total. The molecule has 10 heteroatoms. The third kappa shape index (κ3) is 4.87. The van der Waals surface area contributed by atoms with Gasteiger partial charge in [-0.3, -0.25) is 0 Å². The van der Waals surface area contributed by atoms with Gasteiger partial charge in [0.25, 0.3) is 0 Å². The summed E-state index contributed by atoms with van der Waals surface area (Å²) in [4.78, 5) is 20.9. The number of nitrogens with one attached hydrogen (secondary N) is 3. The van der Waals surface area contributed by atoms with Crippen molar-refractivity contribution in [2.24, 2.45) is 0 Å². The molecule has 0 amide bonds. The van der Waals surface area contributed by atoms with Crippen LogP contribution >= 0.6 is 11.6 Å². The van der Waals surface area contributed by atoms with Gasteiger partial charge in [-0.15, -0.1) is 0 Å². The van der Waals surface area contributed by atoms with Crippen LogP contribution in [0.15, 0.2) is 12.1 Å². The van der Waals surface area contributed by atoms with Gasteiger partial charge in [0.2, 0.25) is 0 Å². The van der Waals surface area contributed by atoms with Crippen molar-refractivity contribution in [3.05, 3.63) is 45.2 Å². The zero-order chi connectivity index (χ0) is 25.2. The van der Waals surface area contributed by atoms with Crippen LogP contribution in [0.2, 0.25) is 5.02 Å². The molecular weight excluding hydrogens is 480 g/mol. The highest BCUT2D eigenvalue weighted by Crippen LogP contribution is 2.40. The third-order valence-electron chi connectivity index (χ3n) is 7.25. The summed E-state index contributed by atoms with van der Waals surface area (Å²) in [5.41, 5.74) is 6.12. The van der Waals surface area contributed by atoms with E-state index in [9.17, 15) is 9.90 Å². The fraction of sp³-hybridized carbons (Fsp3) is 0.500. The number of fused-ring (bicyclic) bond motifs is 1. The van der Waals surface area contributed by atoms with E-state index in [1.165, 1.54) is 6.21 Å². The molecule has 0 bridgehead atoms. The van der Waals surface area contributed by atoms with E-state index >= 15 is 0 Å². The molecule has 3 aliphatic rings. The van der Waals surface area contributed by atoms with Crippen molar-refractivity contribution in [1.29, 1.82) is 5.41 Å². The Morgan fingerprint density at radius 2 is 2.08 bits per heavy atom. The van der Waals surface area contributed by atoms with Gasteiger partial charge >= 0.3 is 5.97 Å². The van der Waals surface area contributed by atoms with E-state index in [2.05, 4.69) is 25.4 Å². The summed E-state index contributed by atoms with van der Waals surface area (Å²) < 4.78 is 5.88. The van der Waals surface area contributed by atoms with Crippen LogP contribution in [0.25, 0.3) is 0 Å². The molecule has 4 heterocycles. The molecule has 4 N–H and O–H groups in total. The molecule has 0 aliphatic carbocycles. The summed E-state index contributed by atoms with van der Waals surface area (Å²) in [6.45, 7) is 7.22. The van der Waals surface area contributed by atoms with Crippen LogP contribution in [0.4, 0.5) is 17.1 Å². The van der Waals surface area contributed by atoms with Gasteiger partial charge in [0.1, 0.15) is 6.23 Å². The maximum Gasteiger partial charge on any atom is 0.354 e. The second-order valence-electron chi connectivity index (χ2n) is 9.63. The normalized spacial score (nSPS) is 20.1. The number of carboxylic acid groups (broad SMARTS) is 1. The van der Waals surface area contributed by atoms with Crippen LogP contribution < -0.4 is 20.4 Å². The molecule has 0 saturated carbocycles. The van der Waals surface area contributed by atoms with Gasteiger partial charge in [-0.1, -0.05) is 11.6 Å². The minimum Gasteiger partial charge on any atom is -0.477 e. The van der Waals surface area contributed by atoms with E-state index in [0.717, 1.165) is 92.4 Å². The van der Waals surface area contributed by atoms with Crippen LogP contribution in [0.1, 0.15) is 52.1 Å². The Balaban J connectivity index is 1.52. The largest absolute Gasteiger partial charge is 0.477 e. The first-order valence-electron chi connectivity index (χ1n) is 12.6. The lowest BCUT2D eigenvalue weighted by molar-refractivity contribution is 0.0343. The number of carboxylic acids is 1. The SMILES string of the molecule is Cc1cc(NC2CCCCO2)c(C=N)c(N2CCc3c(N4CCNCC4)cc(C(=O)O)nc3C2)c1Cl. The highest BCUT2D eigenvalue weighted by molar-refractivity contribution is 6.35. The summed E-state index contributed by atoms with van der Waals surface area (Å²) in [6, 6.07) is 3.70. The topological polar surface area (TPSA) is 114 Å². The van der Waals surface area contributed by atoms with Gasteiger partial charge in [0.15, 0.2) is 5.69 Å². The number of ether oxygens (including phenoxy) is 1. The van der Waals surface area contributed by atoms with Crippen molar-refractivity contribution in [3.63, 3.8) is 0 Å². The Labute approximate surface area is 216 Å². The maximum atomic E-state index is 11.9. The molecule has 1 aromatic heterocycles. The number of piperazine rings is 1. The van der Waals surface area contributed by atoms with Crippen LogP contribution in [-0.4, -0.2) is 67.8 Å². The van der Waals surface area contributed by atoms with Gasteiger partial charge in [-0.25, -0.2) is 9.78 Å². The lowest BCUT2D eigenvalue weighted by atomic mass is 9.98. The van der Waals surface area contributed by atoms with E-state index in [-0.39, 0.29) is 11.9 Å². The lowest BCUT2D eigenvalue weighted by Crippen LogP contribution is -2.44. The molecule has 192 valence electrons. The number of rotatable bonds is 6. The monoisotopic (exact) mass is 512 g/mol. The van der Waals surface area contributed by atoms with Crippen molar-refractivity contribution in [2.75, 3.05) is 54.4 Å². The smallest absolute Gasteiger partial charge is 0.354 e. The fourth-order valence-corrected chi connectivity index (χ4v) is 5.68. The number of carbonyl (C=O) groups is 1. The zero-order valence-corrected chi connectivity index (χ0v) is 21.3. The zero-order valence-electron chi connectivity index (χ0n) is 20.6. The average Bonchev–Trinajstić information content (AvgIpc) is 2.90. The summed E-state index contributed by atoms with van der Waals surface area (Å²) in [5.74, 6) is -1.03. The van der Waals surface area contributed by atoms with Gasteiger partial charge in [0.05, 0.1) is 22.9 Å². The highest BCUT2D eigenvalue weighted by Gasteiger charge is 2.29. The Morgan fingerprint density at radius 3 is 2.78 bits per heavy atom. The van der Waals surface area contributed by atoms with E-state index in [0.29, 0.717) is 23.7 Å². The fourth-order valence-electron chi connectivity index (χ4n) is 5.40. The van der Waals surface area contributed by atoms with E-state index < -0.39 is 5.97 Å². The number of nitrogens with zero attached hydrogens (tertiary/aromatic N) is 3. The molecule has 0 spiro atoms. The van der Waals surface area contributed by atoms with Gasteiger partial charge in [-0.2, -0.15) is 0 Å². The number of anilines is 3. The molecule has 2 saturated heterocycles. The molecule has 1 atom stereocenters. The summed E-state index contributed by atoms with van der Waals surface area (Å²) >= 11 is 6.85. The molecule has 3 aliphatic heterocycles. The van der Waals surface area contributed by atoms with Crippen molar-refractivity contribution in [2.45, 2.75) is 45.4 Å². The predicted molar refractivity (Wildman–Crippen MR) is 142 cm³/mol. The number of aryl methyl sites for hydroxylation is 1. The van der Waals surface area contributed by atoms with Crippen LogP contribution in [0.5, 0.6) is 0 Å². The lowest BCUT2D eigenvalue weighted by Gasteiger charge is -2.37. The number of benzene rings is 1. The molecule has 1 unspecified atom stereocenters. The molecule has 2 fully saturated rings. The van der Waals surface area contributed by atoms with Crippen molar-refractivity contribution >= 4 is 40.8 Å². The molecule has 36 heavy (non-hydrogen) atoms. The van der Waals surface area contributed by atoms with Gasteiger partial charge < -0.3 is 35.7 Å². The first kappa shape index (κ1) is 24.8. The predicted octanol–water partition coefficient (Wildman–Crippen LogP) is 3.65. The van der Waals surface area contributed by atoms with Gasteiger partial charge in [0, 0.05) is 68.0 Å². The molecular formula is C26H33ClN6O3.